The second kappa shape index (κ2) is 13.4. The highest BCUT2D eigenvalue weighted by Gasteiger charge is 2.08. The Labute approximate surface area is 116 Å². The van der Waals surface area contributed by atoms with E-state index in [2.05, 4.69) is 33.0 Å². The van der Waals surface area contributed by atoms with Gasteiger partial charge in [-0.3, -0.25) is 0 Å². The van der Waals surface area contributed by atoms with Gasteiger partial charge in [0.05, 0.1) is 0 Å². The predicted octanol–water partition coefficient (Wildman–Crippen LogP) is 4.23. The maximum atomic E-state index is 8.89. The van der Waals surface area contributed by atoms with Crippen molar-refractivity contribution in [2.45, 2.75) is 73.6 Å². The Balaban J connectivity index is 0. The number of unbranched alkanes of at least 4 members (excludes halogenated alkanes) is 1. The fraction of sp³-hybridized carbons (Fsp3) is 1.00. The molecule has 0 fully saturated rings. The zero-order valence-electron chi connectivity index (χ0n) is 13.7. The minimum atomic E-state index is 0.348. The first-order valence-electron chi connectivity index (χ1n) is 7.81. The minimum Gasteiger partial charge on any atom is -0.396 e. The molecule has 18 heavy (non-hydrogen) atoms. The van der Waals surface area contributed by atoms with Crippen LogP contribution in [0.25, 0.3) is 0 Å². The Hall–Kier alpha value is -0.0800. The van der Waals surface area contributed by atoms with Crippen molar-refractivity contribution in [3.05, 3.63) is 0 Å². The smallest absolute Gasteiger partial charge is 0.0433 e. The van der Waals surface area contributed by atoms with Gasteiger partial charge in [0.1, 0.15) is 0 Å². The molecule has 0 saturated heterocycles. The zero-order valence-corrected chi connectivity index (χ0v) is 13.7. The summed E-state index contributed by atoms with van der Waals surface area (Å²) in [6.45, 7) is 15.6. The third kappa shape index (κ3) is 15.9. The Morgan fingerprint density at radius 2 is 1.67 bits per heavy atom. The molecule has 0 rings (SSSR count). The first-order chi connectivity index (χ1) is 8.49. The van der Waals surface area contributed by atoms with E-state index in [1.165, 1.54) is 25.7 Å². The molecule has 0 aromatic rings. The molecule has 112 valence electrons. The molecule has 1 atom stereocenters. The lowest BCUT2D eigenvalue weighted by molar-refractivity contribution is 0.246. The average Bonchev–Trinajstić information content (AvgIpc) is 2.33. The molecular formula is C16H37NO. The van der Waals surface area contributed by atoms with Crippen LogP contribution in [-0.4, -0.2) is 24.8 Å². The Morgan fingerprint density at radius 1 is 1.06 bits per heavy atom. The van der Waals surface area contributed by atoms with Gasteiger partial charge in [0.15, 0.2) is 0 Å². The van der Waals surface area contributed by atoms with Crippen LogP contribution < -0.4 is 5.32 Å². The topological polar surface area (TPSA) is 32.3 Å². The molecule has 0 aliphatic heterocycles. The highest BCUT2D eigenvalue weighted by atomic mass is 16.3. The molecule has 0 aromatic heterocycles. The van der Waals surface area contributed by atoms with Gasteiger partial charge in [-0.25, -0.2) is 0 Å². The quantitative estimate of drug-likeness (QED) is 0.607. The third-order valence-corrected chi connectivity index (χ3v) is 2.99. The molecule has 1 unspecified atom stereocenters. The van der Waals surface area contributed by atoms with Crippen LogP contribution in [0.4, 0.5) is 0 Å². The number of nitrogens with one attached hydrogen (secondary N) is 1. The zero-order chi connectivity index (χ0) is 14.4. The molecule has 2 nitrogen and oxygen atoms in total. The van der Waals surface area contributed by atoms with Crippen LogP contribution in [0.3, 0.4) is 0 Å². The van der Waals surface area contributed by atoms with Gasteiger partial charge >= 0.3 is 0 Å². The van der Waals surface area contributed by atoms with Crippen LogP contribution in [0.2, 0.25) is 0 Å². The van der Waals surface area contributed by atoms with E-state index < -0.39 is 0 Å². The Morgan fingerprint density at radius 3 is 2.11 bits per heavy atom. The summed E-state index contributed by atoms with van der Waals surface area (Å²) >= 11 is 0. The largest absolute Gasteiger partial charge is 0.396 e. The molecule has 0 aliphatic carbocycles. The number of hydrogen-bond donors (Lipinski definition) is 2. The lowest BCUT2D eigenvalue weighted by Crippen LogP contribution is -2.27. The standard InChI is InChI=1S/C14H31NO.C2H6/c1-5-13(9-11-16)8-6-7-10-15-12-14(2,3)4;1-2/h13,15-16H,5-12H2,1-4H3;1-2H3. The highest BCUT2D eigenvalue weighted by molar-refractivity contribution is 4.65. The van der Waals surface area contributed by atoms with E-state index in [4.69, 9.17) is 5.11 Å². The Kier molecular flexibility index (Phi) is 15.0. The van der Waals surface area contributed by atoms with Crippen molar-refractivity contribution in [2.75, 3.05) is 19.7 Å². The first-order valence-corrected chi connectivity index (χ1v) is 7.81. The van der Waals surface area contributed by atoms with E-state index in [1.54, 1.807) is 0 Å². The van der Waals surface area contributed by atoms with Gasteiger partial charge in [-0.15, -0.1) is 0 Å². The molecule has 2 heteroatoms. The van der Waals surface area contributed by atoms with E-state index in [0.29, 0.717) is 12.0 Å². The molecule has 0 saturated carbocycles. The van der Waals surface area contributed by atoms with Crippen molar-refractivity contribution in [3.8, 4) is 0 Å². The SMILES string of the molecule is CC.CCC(CCO)CCCCNCC(C)(C)C. The van der Waals surface area contributed by atoms with Gasteiger partial charge in [-0.05, 0) is 37.3 Å². The summed E-state index contributed by atoms with van der Waals surface area (Å²) in [6.07, 6.45) is 6.00. The van der Waals surface area contributed by atoms with Gasteiger partial charge in [0, 0.05) is 6.61 Å². The lowest BCUT2D eigenvalue weighted by atomic mass is 9.95. The van der Waals surface area contributed by atoms with Crippen molar-refractivity contribution in [1.82, 2.24) is 5.32 Å². The van der Waals surface area contributed by atoms with Gasteiger partial charge in [-0.2, -0.15) is 0 Å². The van der Waals surface area contributed by atoms with Crippen molar-refractivity contribution in [3.63, 3.8) is 0 Å². The summed E-state index contributed by atoms with van der Waals surface area (Å²) in [5, 5.41) is 12.4. The van der Waals surface area contributed by atoms with Crippen LogP contribution in [0, 0.1) is 11.3 Å². The van der Waals surface area contributed by atoms with Crippen LogP contribution in [0.5, 0.6) is 0 Å². The normalized spacial score (nSPS) is 12.8. The summed E-state index contributed by atoms with van der Waals surface area (Å²) in [5.74, 6) is 0.729. The molecule has 2 N–H and O–H groups in total. The number of hydrogen-bond acceptors (Lipinski definition) is 2. The molecular weight excluding hydrogens is 222 g/mol. The van der Waals surface area contributed by atoms with E-state index in [9.17, 15) is 0 Å². The summed E-state index contributed by atoms with van der Waals surface area (Å²) in [4.78, 5) is 0. The Bertz CT molecular complexity index is 152. The monoisotopic (exact) mass is 259 g/mol. The number of rotatable bonds is 9. The van der Waals surface area contributed by atoms with Crippen molar-refractivity contribution in [1.29, 1.82) is 0 Å². The molecule has 0 amide bonds. The predicted molar refractivity (Wildman–Crippen MR) is 83.0 cm³/mol. The van der Waals surface area contributed by atoms with Gasteiger partial charge in [0.2, 0.25) is 0 Å². The molecule has 0 bridgehead atoms. The summed E-state index contributed by atoms with van der Waals surface area (Å²) in [6, 6.07) is 0. The fourth-order valence-corrected chi connectivity index (χ4v) is 1.88. The van der Waals surface area contributed by atoms with Gasteiger partial charge in [-0.1, -0.05) is 60.8 Å². The summed E-state index contributed by atoms with van der Waals surface area (Å²) < 4.78 is 0. The van der Waals surface area contributed by atoms with E-state index in [1.807, 2.05) is 13.8 Å². The second-order valence-corrected chi connectivity index (χ2v) is 6.02. The van der Waals surface area contributed by atoms with Crippen LogP contribution in [-0.2, 0) is 0 Å². The second-order valence-electron chi connectivity index (χ2n) is 6.02. The molecule has 0 aromatic carbocycles. The summed E-state index contributed by atoms with van der Waals surface area (Å²) in [5.41, 5.74) is 0.392. The maximum Gasteiger partial charge on any atom is 0.0433 e. The average molecular weight is 259 g/mol. The maximum absolute atomic E-state index is 8.89. The van der Waals surface area contributed by atoms with E-state index >= 15 is 0 Å². The minimum absolute atomic E-state index is 0.348. The lowest BCUT2D eigenvalue weighted by Gasteiger charge is -2.19. The molecule has 0 radical (unpaired) electrons. The van der Waals surface area contributed by atoms with Crippen molar-refractivity contribution in [2.24, 2.45) is 11.3 Å². The number of aliphatic hydroxyl groups is 1. The number of aliphatic hydroxyl groups excluding tert-OH is 1. The van der Waals surface area contributed by atoms with Gasteiger partial charge < -0.3 is 10.4 Å². The van der Waals surface area contributed by atoms with Gasteiger partial charge in [0.25, 0.3) is 0 Å². The van der Waals surface area contributed by atoms with Crippen LogP contribution >= 0.6 is 0 Å². The molecule has 0 spiro atoms. The third-order valence-electron chi connectivity index (χ3n) is 2.99. The van der Waals surface area contributed by atoms with E-state index in [-0.39, 0.29) is 0 Å². The first kappa shape index (κ1) is 20.2. The highest BCUT2D eigenvalue weighted by Crippen LogP contribution is 2.16. The van der Waals surface area contributed by atoms with Crippen molar-refractivity contribution < 1.29 is 5.11 Å². The molecule has 0 heterocycles. The van der Waals surface area contributed by atoms with Crippen molar-refractivity contribution >= 4 is 0 Å². The van der Waals surface area contributed by atoms with Crippen LogP contribution in [0.1, 0.15) is 73.6 Å². The molecule has 0 aliphatic rings. The van der Waals surface area contributed by atoms with Crippen LogP contribution in [0.15, 0.2) is 0 Å². The van der Waals surface area contributed by atoms with E-state index in [0.717, 1.165) is 25.4 Å². The fourth-order valence-electron chi connectivity index (χ4n) is 1.88. The summed E-state index contributed by atoms with van der Waals surface area (Å²) in [7, 11) is 0.